The highest BCUT2D eigenvalue weighted by Gasteiger charge is 2.28. The van der Waals surface area contributed by atoms with Crippen LogP contribution < -0.4 is 9.64 Å². The molecular weight excluding hydrogens is 469 g/mol. The van der Waals surface area contributed by atoms with Gasteiger partial charge in [-0.2, -0.15) is 9.57 Å². The minimum absolute atomic E-state index is 0.191. The molecule has 0 atom stereocenters. The van der Waals surface area contributed by atoms with E-state index in [4.69, 9.17) is 27.9 Å². The first-order chi connectivity index (χ1) is 15.4. The van der Waals surface area contributed by atoms with E-state index in [0.29, 0.717) is 47.7 Å². The fraction of sp³-hybridized carbons (Fsp3) is 0.174. The molecule has 32 heavy (non-hydrogen) atoms. The molecule has 0 aliphatic carbocycles. The number of anilines is 1. The molecule has 1 aliphatic rings. The van der Waals surface area contributed by atoms with Crippen molar-refractivity contribution in [2.24, 2.45) is 0 Å². The Balaban J connectivity index is 1.44. The third-order valence-corrected chi connectivity index (χ3v) is 7.69. The monoisotopic (exact) mass is 487 g/mol. The number of rotatable bonds is 5. The van der Waals surface area contributed by atoms with Gasteiger partial charge in [-0.05, 0) is 60.7 Å². The third-order valence-electron chi connectivity index (χ3n) is 5.21. The van der Waals surface area contributed by atoms with Crippen molar-refractivity contribution in [3.05, 3.63) is 82.3 Å². The molecular formula is C23H19Cl2N3O3S. The van der Waals surface area contributed by atoms with Crippen molar-refractivity contribution in [3.63, 3.8) is 0 Å². The van der Waals surface area contributed by atoms with Crippen LogP contribution >= 0.6 is 23.2 Å². The molecule has 1 fully saturated rings. The Bertz CT molecular complexity index is 1250. The zero-order valence-electron chi connectivity index (χ0n) is 16.9. The van der Waals surface area contributed by atoms with Gasteiger partial charge in [0.05, 0.1) is 9.92 Å². The molecule has 0 spiro atoms. The first-order valence-electron chi connectivity index (χ1n) is 9.86. The number of hydrogen-bond donors (Lipinski definition) is 0. The van der Waals surface area contributed by atoms with E-state index in [-0.39, 0.29) is 10.5 Å². The van der Waals surface area contributed by atoms with E-state index in [1.807, 2.05) is 30.3 Å². The van der Waals surface area contributed by atoms with E-state index in [1.54, 1.807) is 30.3 Å². The molecule has 1 aliphatic heterocycles. The van der Waals surface area contributed by atoms with Gasteiger partial charge in [-0.1, -0.05) is 29.3 Å². The summed E-state index contributed by atoms with van der Waals surface area (Å²) in [5.41, 5.74) is 1.25. The number of ether oxygens (including phenoxy) is 1. The number of hydrogen-bond acceptors (Lipinski definition) is 5. The molecule has 0 unspecified atom stereocenters. The summed E-state index contributed by atoms with van der Waals surface area (Å²) >= 11 is 12.0. The van der Waals surface area contributed by atoms with Gasteiger partial charge in [-0.3, -0.25) is 0 Å². The van der Waals surface area contributed by atoms with Crippen LogP contribution in [0.3, 0.4) is 0 Å². The standard InChI is InChI=1S/C23H19Cl2N3O3S/c24-17-4-6-18(7-5-17)27-12-14-28(15-13-27)32(29,30)20-10-8-19(9-11-20)31-23-3-1-2-22(25)21(23)16-26/h1-11H,12-15H2. The van der Waals surface area contributed by atoms with Crippen molar-refractivity contribution in [3.8, 4) is 17.6 Å². The van der Waals surface area contributed by atoms with Crippen molar-refractivity contribution in [1.82, 2.24) is 4.31 Å². The average molecular weight is 488 g/mol. The molecule has 1 heterocycles. The van der Waals surface area contributed by atoms with Crippen LogP contribution in [-0.2, 0) is 10.0 Å². The second-order valence-corrected chi connectivity index (χ2v) is 9.95. The van der Waals surface area contributed by atoms with Crippen LogP contribution in [-0.4, -0.2) is 38.9 Å². The summed E-state index contributed by atoms with van der Waals surface area (Å²) in [6, 6.07) is 20.6. The fourth-order valence-electron chi connectivity index (χ4n) is 3.49. The van der Waals surface area contributed by atoms with Gasteiger partial charge >= 0.3 is 0 Å². The van der Waals surface area contributed by atoms with Gasteiger partial charge in [0, 0.05) is 36.9 Å². The van der Waals surface area contributed by atoms with Crippen LogP contribution in [0.15, 0.2) is 71.6 Å². The number of nitrogens with zero attached hydrogens (tertiary/aromatic N) is 3. The van der Waals surface area contributed by atoms with Gasteiger partial charge < -0.3 is 9.64 Å². The van der Waals surface area contributed by atoms with Gasteiger partial charge in [-0.25, -0.2) is 8.42 Å². The summed E-state index contributed by atoms with van der Waals surface area (Å²) in [6.45, 7) is 1.95. The van der Waals surface area contributed by atoms with Gasteiger partial charge in [0.2, 0.25) is 10.0 Å². The normalized spacial score (nSPS) is 14.7. The van der Waals surface area contributed by atoms with Crippen LogP contribution in [0.1, 0.15) is 5.56 Å². The Morgan fingerprint density at radius 3 is 2.16 bits per heavy atom. The van der Waals surface area contributed by atoms with Gasteiger partial charge in [0.25, 0.3) is 0 Å². The molecule has 0 aromatic heterocycles. The van der Waals surface area contributed by atoms with Crippen molar-refractivity contribution in [2.75, 3.05) is 31.1 Å². The van der Waals surface area contributed by atoms with E-state index >= 15 is 0 Å². The van der Waals surface area contributed by atoms with Gasteiger partial charge in [-0.15, -0.1) is 0 Å². The SMILES string of the molecule is N#Cc1c(Cl)cccc1Oc1ccc(S(=O)(=O)N2CCN(c3ccc(Cl)cc3)CC2)cc1. The lowest BCUT2D eigenvalue weighted by molar-refractivity contribution is 0.385. The largest absolute Gasteiger partial charge is 0.456 e. The number of sulfonamides is 1. The second-order valence-electron chi connectivity index (χ2n) is 7.17. The predicted octanol–water partition coefficient (Wildman–Crippen LogP) is 5.17. The molecule has 0 bridgehead atoms. The minimum atomic E-state index is -3.63. The summed E-state index contributed by atoms with van der Waals surface area (Å²) in [6.07, 6.45) is 0. The zero-order chi connectivity index (χ0) is 22.7. The Hall–Kier alpha value is -2.76. The lowest BCUT2D eigenvalue weighted by Crippen LogP contribution is -2.48. The van der Waals surface area contributed by atoms with E-state index in [2.05, 4.69) is 4.90 Å². The van der Waals surface area contributed by atoms with Crippen molar-refractivity contribution < 1.29 is 13.2 Å². The lowest BCUT2D eigenvalue weighted by atomic mass is 10.2. The number of nitriles is 1. The highest BCUT2D eigenvalue weighted by atomic mass is 35.5. The van der Waals surface area contributed by atoms with Crippen LogP contribution in [0.25, 0.3) is 0 Å². The predicted molar refractivity (Wildman–Crippen MR) is 125 cm³/mol. The van der Waals surface area contributed by atoms with Crippen molar-refractivity contribution in [2.45, 2.75) is 4.90 Å². The van der Waals surface area contributed by atoms with Crippen LogP contribution in [0.4, 0.5) is 5.69 Å². The molecule has 4 rings (SSSR count). The van der Waals surface area contributed by atoms with Crippen LogP contribution in [0.2, 0.25) is 10.0 Å². The van der Waals surface area contributed by atoms with Crippen LogP contribution in [0, 0.1) is 11.3 Å². The van der Waals surface area contributed by atoms with Gasteiger partial charge in [0.15, 0.2) is 0 Å². The van der Waals surface area contributed by atoms with Crippen LogP contribution in [0.5, 0.6) is 11.5 Å². The molecule has 0 saturated carbocycles. The summed E-state index contributed by atoms with van der Waals surface area (Å²) in [4.78, 5) is 2.33. The third kappa shape index (κ3) is 4.69. The van der Waals surface area contributed by atoms with Crippen molar-refractivity contribution in [1.29, 1.82) is 5.26 Å². The van der Waals surface area contributed by atoms with E-state index < -0.39 is 10.0 Å². The molecule has 0 amide bonds. The molecule has 9 heteroatoms. The Kier molecular flexibility index (Phi) is 6.58. The topological polar surface area (TPSA) is 73.6 Å². The van der Waals surface area contributed by atoms with E-state index in [1.165, 1.54) is 16.4 Å². The van der Waals surface area contributed by atoms with Crippen molar-refractivity contribution >= 4 is 38.9 Å². The van der Waals surface area contributed by atoms with E-state index in [9.17, 15) is 13.7 Å². The van der Waals surface area contributed by atoms with E-state index in [0.717, 1.165) is 5.69 Å². The maximum absolute atomic E-state index is 13.1. The number of benzene rings is 3. The first kappa shape index (κ1) is 22.4. The highest BCUT2D eigenvalue weighted by Crippen LogP contribution is 2.31. The Morgan fingerprint density at radius 1 is 0.875 bits per heavy atom. The van der Waals surface area contributed by atoms with Gasteiger partial charge in [0.1, 0.15) is 23.1 Å². The summed E-state index contributed by atoms with van der Waals surface area (Å²) in [5, 5.41) is 10.2. The molecule has 3 aromatic rings. The second kappa shape index (κ2) is 9.39. The maximum Gasteiger partial charge on any atom is 0.243 e. The smallest absolute Gasteiger partial charge is 0.243 e. The number of halogens is 2. The molecule has 1 saturated heterocycles. The maximum atomic E-state index is 13.1. The average Bonchev–Trinajstić information content (AvgIpc) is 2.80. The fourth-order valence-corrected chi connectivity index (χ4v) is 5.25. The summed E-state index contributed by atoms with van der Waals surface area (Å²) in [7, 11) is -3.63. The molecule has 6 nitrogen and oxygen atoms in total. The highest BCUT2D eigenvalue weighted by molar-refractivity contribution is 7.89. The molecule has 3 aromatic carbocycles. The minimum Gasteiger partial charge on any atom is -0.456 e. The molecule has 0 radical (unpaired) electrons. The summed E-state index contributed by atoms with van der Waals surface area (Å²) in [5.74, 6) is 0.726. The lowest BCUT2D eigenvalue weighted by Gasteiger charge is -2.35. The molecule has 0 N–H and O–H groups in total. The Labute approximate surface area is 197 Å². The zero-order valence-corrected chi connectivity index (χ0v) is 19.2. The Morgan fingerprint density at radius 2 is 1.53 bits per heavy atom. The first-order valence-corrected chi connectivity index (χ1v) is 12.1. The number of piperazine rings is 1. The molecule has 164 valence electrons. The summed E-state index contributed by atoms with van der Waals surface area (Å²) < 4.78 is 33.4. The quantitative estimate of drug-likeness (QED) is 0.496.